The van der Waals surface area contributed by atoms with E-state index < -0.39 is 17.6 Å². The molecule has 0 saturated carbocycles. The Hall–Kier alpha value is -3.19. The smallest absolute Gasteiger partial charge is 0.330 e. The van der Waals surface area contributed by atoms with Crippen LogP contribution in [0.4, 0.5) is 0 Å². The Morgan fingerprint density at radius 3 is 2.67 bits per heavy atom. The lowest BCUT2D eigenvalue weighted by atomic mass is 10.0. The number of carbonyl (C=O) groups is 2. The Kier molecular flexibility index (Phi) is 10.1. The summed E-state index contributed by atoms with van der Waals surface area (Å²) in [5.74, 6) is -0.676. The van der Waals surface area contributed by atoms with Crippen molar-refractivity contribution in [1.29, 1.82) is 0 Å². The Balaban J connectivity index is 1.74. The van der Waals surface area contributed by atoms with Gasteiger partial charge in [0.05, 0.1) is 6.33 Å². The zero-order valence-electron chi connectivity index (χ0n) is 20.2. The van der Waals surface area contributed by atoms with Gasteiger partial charge in [-0.1, -0.05) is 44.2 Å². The second-order valence-corrected chi connectivity index (χ2v) is 9.08. The molecule has 7 nitrogen and oxygen atoms in total. The highest BCUT2D eigenvalue weighted by Gasteiger charge is 2.26. The van der Waals surface area contributed by atoms with E-state index in [1.54, 1.807) is 24.7 Å². The van der Waals surface area contributed by atoms with E-state index in [2.05, 4.69) is 22.4 Å². The van der Waals surface area contributed by atoms with Gasteiger partial charge in [0.25, 0.3) is 0 Å². The number of benzene rings is 1. The van der Waals surface area contributed by atoms with E-state index in [0.29, 0.717) is 6.54 Å². The van der Waals surface area contributed by atoms with Crippen molar-refractivity contribution < 1.29 is 19.1 Å². The highest BCUT2D eigenvalue weighted by atomic mass is 16.6. The van der Waals surface area contributed by atoms with Gasteiger partial charge >= 0.3 is 11.9 Å². The van der Waals surface area contributed by atoms with E-state index in [4.69, 9.17) is 9.47 Å². The van der Waals surface area contributed by atoms with E-state index in [9.17, 15) is 9.59 Å². The maximum atomic E-state index is 12.3. The molecule has 0 spiro atoms. The molecule has 0 radical (unpaired) electrons. The molecule has 0 saturated heterocycles. The van der Waals surface area contributed by atoms with E-state index in [1.165, 1.54) is 6.08 Å². The van der Waals surface area contributed by atoms with Crippen LogP contribution < -0.4 is 5.32 Å². The van der Waals surface area contributed by atoms with E-state index in [1.807, 2.05) is 63.6 Å². The van der Waals surface area contributed by atoms with Crippen molar-refractivity contribution in [3.8, 4) is 0 Å². The van der Waals surface area contributed by atoms with Gasteiger partial charge in [0, 0.05) is 31.6 Å². The first-order valence-corrected chi connectivity index (χ1v) is 11.1. The molecule has 0 fully saturated rings. The number of imidazole rings is 1. The lowest BCUT2D eigenvalue weighted by Crippen LogP contribution is -2.44. The lowest BCUT2D eigenvalue weighted by Gasteiger charge is -2.26. The number of nitrogens with one attached hydrogen (secondary N) is 1. The molecular weight excluding hydrogens is 418 g/mol. The largest absolute Gasteiger partial charge is 0.459 e. The number of hydrogen-bond acceptors (Lipinski definition) is 6. The van der Waals surface area contributed by atoms with Crippen molar-refractivity contribution in [3.63, 3.8) is 0 Å². The van der Waals surface area contributed by atoms with E-state index >= 15 is 0 Å². The highest BCUT2D eigenvalue weighted by Crippen LogP contribution is 2.12. The molecule has 33 heavy (non-hydrogen) atoms. The quantitative estimate of drug-likeness (QED) is 0.409. The Labute approximate surface area is 196 Å². The van der Waals surface area contributed by atoms with Gasteiger partial charge in [0.15, 0.2) is 0 Å². The molecule has 2 rings (SSSR count). The minimum absolute atomic E-state index is 0.0591. The van der Waals surface area contributed by atoms with Gasteiger partial charge in [0.2, 0.25) is 0 Å². The maximum absolute atomic E-state index is 12.3. The average Bonchev–Trinajstić information content (AvgIpc) is 3.22. The van der Waals surface area contributed by atoms with Crippen LogP contribution in [-0.2, 0) is 25.6 Å². The predicted molar refractivity (Wildman–Crippen MR) is 129 cm³/mol. The number of aromatic nitrogens is 2. The summed E-state index contributed by atoms with van der Waals surface area (Å²) in [6, 6.07) is 7.69. The fourth-order valence-corrected chi connectivity index (χ4v) is 3.06. The molecule has 0 bridgehead atoms. The molecular formula is C26H35N3O4. The molecule has 0 unspecified atom stereocenters. The van der Waals surface area contributed by atoms with E-state index in [0.717, 1.165) is 17.7 Å². The summed E-state index contributed by atoms with van der Waals surface area (Å²) in [5.41, 5.74) is 1.65. The van der Waals surface area contributed by atoms with Crippen LogP contribution in [0.25, 0.3) is 6.08 Å². The third-order valence-corrected chi connectivity index (χ3v) is 4.54. The average molecular weight is 454 g/mol. The number of ether oxygens (including phenoxy) is 2. The zero-order chi connectivity index (χ0) is 24.3. The predicted octanol–water partition coefficient (Wildman–Crippen LogP) is 4.00. The second kappa shape index (κ2) is 12.7. The summed E-state index contributed by atoms with van der Waals surface area (Å²) in [5, 5.41) is 3.12. The molecule has 1 aromatic heterocycles. The van der Waals surface area contributed by atoms with Crippen LogP contribution >= 0.6 is 0 Å². The minimum atomic E-state index is -0.541. The van der Waals surface area contributed by atoms with Crippen molar-refractivity contribution >= 4 is 18.0 Å². The van der Waals surface area contributed by atoms with Crippen molar-refractivity contribution in [2.45, 2.75) is 52.8 Å². The van der Waals surface area contributed by atoms with Gasteiger partial charge in [-0.2, -0.15) is 0 Å². The molecule has 1 heterocycles. The van der Waals surface area contributed by atoms with Crippen molar-refractivity contribution in [2.24, 2.45) is 5.92 Å². The zero-order valence-corrected chi connectivity index (χ0v) is 20.2. The fraction of sp³-hybridized carbons (Fsp3) is 0.423. The third-order valence-electron chi connectivity index (χ3n) is 4.54. The first kappa shape index (κ1) is 26.1. The molecule has 178 valence electrons. The third kappa shape index (κ3) is 10.3. The van der Waals surface area contributed by atoms with Crippen LogP contribution in [0.1, 0.15) is 45.7 Å². The van der Waals surface area contributed by atoms with Crippen molar-refractivity contribution in [2.75, 3.05) is 13.2 Å². The van der Waals surface area contributed by atoms with Gasteiger partial charge in [-0.25, -0.2) is 9.78 Å². The topological polar surface area (TPSA) is 82.5 Å². The van der Waals surface area contributed by atoms with Gasteiger partial charge in [-0.05, 0) is 50.0 Å². The van der Waals surface area contributed by atoms with Crippen LogP contribution in [0.15, 0.2) is 61.2 Å². The summed E-state index contributed by atoms with van der Waals surface area (Å²) in [6.45, 7) is 10.7. The first-order chi connectivity index (χ1) is 15.6. The fourth-order valence-electron chi connectivity index (χ4n) is 3.06. The van der Waals surface area contributed by atoms with Crippen LogP contribution in [-0.4, -0.2) is 46.3 Å². The highest BCUT2D eigenvalue weighted by molar-refractivity contribution is 5.82. The first-order valence-electron chi connectivity index (χ1n) is 11.1. The van der Waals surface area contributed by atoms with Gasteiger partial charge in [0.1, 0.15) is 18.2 Å². The summed E-state index contributed by atoms with van der Waals surface area (Å²) in [4.78, 5) is 28.3. The molecule has 1 atom stereocenters. The minimum Gasteiger partial charge on any atom is -0.459 e. The Morgan fingerprint density at radius 1 is 1.21 bits per heavy atom. The Bertz CT molecular complexity index is 941. The molecule has 0 aliphatic carbocycles. The summed E-state index contributed by atoms with van der Waals surface area (Å²) >= 11 is 0. The molecule has 1 N–H and O–H groups in total. The standard InChI is InChI=1S/C26H35N3O4/c1-20(2)24(25(31)33-26(3,4)5)28-13-7-12-23(30)32-16-8-11-21-9-6-10-22(17-21)18-29-15-14-27-19-29/h6-12,14-15,17,19-20,24,28H,13,16,18H2,1-5H3/t24-/m0/s1. The number of esters is 2. The van der Waals surface area contributed by atoms with Crippen LogP contribution in [0.3, 0.4) is 0 Å². The van der Waals surface area contributed by atoms with Gasteiger partial charge in [-0.3, -0.25) is 4.79 Å². The van der Waals surface area contributed by atoms with E-state index in [-0.39, 0.29) is 18.5 Å². The molecule has 1 aromatic carbocycles. The monoisotopic (exact) mass is 453 g/mol. The summed E-state index contributed by atoms with van der Waals surface area (Å²) < 4.78 is 12.7. The number of nitrogens with zero attached hydrogens (tertiary/aromatic N) is 2. The Morgan fingerprint density at radius 2 is 2.00 bits per heavy atom. The maximum Gasteiger partial charge on any atom is 0.330 e. The molecule has 0 aliphatic heterocycles. The molecule has 2 aromatic rings. The summed E-state index contributed by atoms with van der Waals surface area (Å²) in [6.07, 6.45) is 12.2. The molecule has 0 amide bonds. The van der Waals surface area contributed by atoms with Crippen LogP contribution in [0, 0.1) is 5.92 Å². The van der Waals surface area contributed by atoms with Gasteiger partial charge < -0.3 is 19.4 Å². The second-order valence-electron chi connectivity index (χ2n) is 9.08. The molecule has 0 aliphatic rings. The molecule has 7 heteroatoms. The number of rotatable bonds is 11. The summed E-state index contributed by atoms with van der Waals surface area (Å²) in [7, 11) is 0. The number of hydrogen-bond donors (Lipinski definition) is 1. The lowest BCUT2D eigenvalue weighted by molar-refractivity contribution is -0.158. The number of carbonyl (C=O) groups excluding carboxylic acids is 2. The van der Waals surface area contributed by atoms with Gasteiger partial charge in [-0.15, -0.1) is 0 Å². The van der Waals surface area contributed by atoms with Crippen LogP contribution in [0.2, 0.25) is 0 Å². The van der Waals surface area contributed by atoms with Crippen LogP contribution in [0.5, 0.6) is 0 Å². The van der Waals surface area contributed by atoms with Crippen molar-refractivity contribution in [1.82, 2.24) is 14.9 Å². The van der Waals surface area contributed by atoms with Crippen molar-refractivity contribution in [3.05, 3.63) is 72.3 Å². The SMILES string of the molecule is CC(C)[C@H](NCC=CC(=O)OCC=Cc1cccc(Cn2ccnc2)c1)C(=O)OC(C)(C)C. The normalized spacial score (nSPS) is 13.0.